The summed E-state index contributed by atoms with van der Waals surface area (Å²) in [4.78, 5) is 0. The predicted octanol–water partition coefficient (Wildman–Crippen LogP) is 2.81. The van der Waals surface area contributed by atoms with Crippen LogP contribution >= 0.6 is 0 Å². The van der Waals surface area contributed by atoms with Crippen LogP contribution in [0.1, 0.15) is 38.5 Å². The molecular weight excluding hydrogens is 356 g/mol. The van der Waals surface area contributed by atoms with Gasteiger partial charge in [-0.3, -0.25) is 4.55 Å². The second kappa shape index (κ2) is 4.83. The Balaban J connectivity index is 1.60. The molecule has 24 heavy (non-hydrogen) atoms. The van der Waals surface area contributed by atoms with Gasteiger partial charge < -0.3 is 9.47 Å². The number of halogens is 4. The van der Waals surface area contributed by atoms with Crippen LogP contribution in [0.25, 0.3) is 0 Å². The highest BCUT2D eigenvalue weighted by Gasteiger charge is 2.75. The van der Waals surface area contributed by atoms with Crippen molar-refractivity contribution in [2.24, 2.45) is 17.8 Å². The summed E-state index contributed by atoms with van der Waals surface area (Å²) >= 11 is 0. The van der Waals surface area contributed by atoms with E-state index in [0.29, 0.717) is 12.8 Å². The second-order valence-electron chi connectivity index (χ2n) is 7.40. The van der Waals surface area contributed by atoms with Crippen molar-refractivity contribution >= 4 is 10.1 Å². The van der Waals surface area contributed by atoms with Crippen molar-refractivity contribution in [3.05, 3.63) is 0 Å². The number of hydrogen-bond acceptors (Lipinski definition) is 4. The Hall–Kier alpha value is -0.450. The van der Waals surface area contributed by atoms with Crippen LogP contribution in [-0.2, 0) is 19.6 Å². The minimum Gasteiger partial charge on any atom is -0.344 e. The van der Waals surface area contributed by atoms with Crippen LogP contribution < -0.4 is 0 Å². The maximum atomic E-state index is 14.3. The molecule has 10 heteroatoms. The van der Waals surface area contributed by atoms with Gasteiger partial charge in [0, 0.05) is 18.8 Å². The smallest absolute Gasteiger partial charge is 0.344 e. The topological polar surface area (TPSA) is 72.8 Å². The highest BCUT2D eigenvalue weighted by molar-refractivity contribution is 7.87. The summed E-state index contributed by atoms with van der Waals surface area (Å²) in [5.41, 5.74) is 0. The fourth-order valence-electron chi connectivity index (χ4n) is 5.05. The Labute approximate surface area is 136 Å². The zero-order chi connectivity index (χ0) is 17.5. The average Bonchev–Trinajstić information content (AvgIpc) is 3.20. The van der Waals surface area contributed by atoms with Gasteiger partial charge in [0.1, 0.15) is 0 Å². The van der Waals surface area contributed by atoms with Crippen LogP contribution in [0.2, 0.25) is 0 Å². The first-order valence-corrected chi connectivity index (χ1v) is 9.51. The first-order chi connectivity index (χ1) is 11.0. The van der Waals surface area contributed by atoms with Gasteiger partial charge in [-0.15, -0.1) is 0 Å². The van der Waals surface area contributed by atoms with E-state index in [2.05, 4.69) is 0 Å². The molecule has 1 spiro atoms. The fraction of sp³-hybridized carbons (Fsp3) is 1.00. The Morgan fingerprint density at radius 3 is 2.17 bits per heavy atom. The van der Waals surface area contributed by atoms with Crippen molar-refractivity contribution in [3.8, 4) is 0 Å². The fourth-order valence-corrected chi connectivity index (χ4v) is 5.55. The quantitative estimate of drug-likeness (QED) is 0.608. The van der Waals surface area contributed by atoms with E-state index in [1.807, 2.05) is 0 Å². The summed E-state index contributed by atoms with van der Waals surface area (Å²) in [5, 5.41) is -5.52. The molecule has 0 radical (unpaired) electrons. The first-order valence-electron chi connectivity index (χ1n) is 8.07. The Kier molecular flexibility index (Phi) is 3.42. The van der Waals surface area contributed by atoms with Crippen LogP contribution in [0.5, 0.6) is 0 Å². The molecular formula is C14H18F4O5S. The SMILES string of the molecule is O=S(=O)(O)C(F)(F)C(F)(F)C1CC2CC1C1OC3(CCCC3)OC21. The third-order valence-corrected chi connectivity index (χ3v) is 7.02. The van der Waals surface area contributed by atoms with E-state index in [1.165, 1.54) is 0 Å². The molecule has 1 heterocycles. The summed E-state index contributed by atoms with van der Waals surface area (Å²) in [6, 6.07) is 0. The van der Waals surface area contributed by atoms with E-state index >= 15 is 0 Å². The van der Waals surface area contributed by atoms with Crippen molar-refractivity contribution in [3.63, 3.8) is 0 Å². The lowest BCUT2D eigenvalue weighted by atomic mass is 9.81. The van der Waals surface area contributed by atoms with Crippen molar-refractivity contribution in [2.75, 3.05) is 0 Å². The third-order valence-electron chi connectivity index (χ3n) is 6.10. The number of alkyl halides is 4. The molecule has 3 aliphatic carbocycles. The lowest BCUT2D eigenvalue weighted by molar-refractivity contribution is -0.214. The summed E-state index contributed by atoms with van der Waals surface area (Å²) in [5.74, 6) is -8.77. The maximum absolute atomic E-state index is 14.3. The van der Waals surface area contributed by atoms with Crippen molar-refractivity contribution in [1.29, 1.82) is 0 Å². The summed E-state index contributed by atoms with van der Waals surface area (Å²) in [7, 11) is -6.21. The summed E-state index contributed by atoms with van der Waals surface area (Å²) in [6.07, 6.45) is 1.99. The molecule has 1 aliphatic heterocycles. The van der Waals surface area contributed by atoms with Crippen LogP contribution in [0.15, 0.2) is 0 Å². The maximum Gasteiger partial charge on any atom is 0.431 e. The average molecular weight is 374 g/mol. The largest absolute Gasteiger partial charge is 0.431 e. The van der Waals surface area contributed by atoms with E-state index in [1.54, 1.807) is 0 Å². The third kappa shape index (κ3) is 2.05. The van der Waals surface area contributed by atoms with Gasteiger partial charge in [0.2, 0.25) is 0 Å². The van der Waals surface area contributed by atoms with Crippen LogP contribution in [-0.4, -0.2) is 42.1 Å². The van der Waals surface area contributed by atoms with Gasteiger partial charge >= 0.3 is 21.3 Å². The Bertz CT molecular complexity index is 646. The molecule has 4 aliphatic rings. The van der Waals surface area contributed by atoms with Crippen LogP contribution in [0, 0.1) is 17.8 Å². The number of rotatable bonds is 3. The summed E-state index contributed by atoms with van der Waals surface area (Å²) < 4.78 is 97.8. The van der Waals surface area contributed by atoms with Crippen molar-refractivity contribution < 1.29 is 40.0 Å². The van der Waals surface area contributed by atoms with E-state index < -0.39 is 45.0 Å². The molecule has 1 saturated heterocycles. The zero-order valence-corrected chi connectivity index (χ0v) is 13.4. The van der Waals surface area contributed by atoms with E-state index in [9.17, 15) is 26.0 Å². The van der Waals surface area contributed by atoms with E-state index in [-0.39, 0.29) is 24.9 Å². The first kappa shape index (κ1) is 17.0. The molecule has 5 nitrogen and oxygen atoms in total. The summed E-state index contributed by atoms with van der Waals surface area (Å²) in [6.45, 7) is 0. The number of fused-ring (bicyclic) bond motifs is 5. The monoisotopic (exact) mass is 374 g/mol. The lowest BCUT2D eigenvalue weighted by Crippen LogP contribution is -2.55. The van der Waals surface area contributed by atoms with Gasteiger partial charge in [-0.2, -0.15) is 26.0 Å². The molecule has 1 N–H and O–H groups in total. The zero-order valence-electron chi connectivity index (χ0n) is 12.6. The molecule has 4 fully saturated rings. The van der Waals surface area contributed by atoms with Crippen LogP contribution in [0.3, 0.4) is 0 Å². The molecule has 0 aromatic carbocycles. The normalized spacial score (nSPS) is 41.3. The predicted molar refractivity (Wildman–Crippen MR) is 72.1 cm³/mol. The molecule has 3 saturated carbocycles. The van der Waals surface area contributed by atoms with Crippen LogP contribution in [0.4, 0.5) is 17.6 Å². The number of hydrogen-bond donors (Lipinski definition) is 1. The second-order valence-corrected chi connectivity index (χ2v) is 8.86. The minimum absolute atomic E-state index is 0.243. The van der Waals surface area contributed by atoms with Gasteiger partial charge in [0.15, 0.2) is 5.79 Å². The van der Waals surface area contributed by atoms with Crippen molar-refractivity contribution in [1.82, 2.24) is 0 Å². The van der Waals surface area contributed by atoms with Gasteiger partial charge in [-0.05, 0) is 37.5 Å². The van der Waals surface area contributed by atoms with Gasteiger partial charge in [-0.1, -0.05) is 0 Å². The van der Waals surface area contributed by atoms with E-state index in [0.717, 1.165) is 12.8 Å². The van der Waals surface area contributed by atoms with Crippen molar-refractivity contribution in [2.45, 2.75) is 67.7 Å². The Morgan fingerprint density at radius 1 is 1.00 bits per heavy atom. The molecule has 0 aromatic heterocycles. The number of ether oxygens (including phenoxy) is 2. The molecule has 5 atom stereocenters. The molecule has 0 aromatic rings. The highest BCUT2D eigenvalue weighted by Crippen LogP contribution is 2.63. The lowest BCUT2D eigenvalue weighted by Gasteiger charge is -2.36. The minimum atomic E-state index is -6.21. The Morgan fingerprint density at radius 2 is 1.58 bits per heavy atom. The highest BCUT2D eigenvalue weighted by atomic mass is 32.2. The van der Waals surface area contributed by atoms with Gasteiger partial charge in [-0.25, -0.2) is 0 Å². The molecule has 4 rings (SSSR count). The molecule has 2 bridgehead atoms. The van der Waals surface area contributed by atoms with Gasteiger partial charge in [0.25, 0.3) is 0 Å². The van der Waals surface area contributed by atoms with E-state index in [4.69, 9.17) is 14.0 Å². The van der Waals surface area contributed by atoms with Gasteiger partial charge in [0.05, 0.1) is 12.2 Å². The molecule has 5 unspecified atom stereocenters. The molecule has 0 amide bonds. The standard InChI is InChI=1S/C14H18F4O5S/c15-13(16,14(17,18)24(19,20)21)9-6-7-5-8(9)11-10(7)22-12(23-11)3-1-2-4-12/h7-11H,1-6H2,(H,19,20,21). The molecule has 138 valence electrons.